The number of hydrogen-bond acceptors (Lipinski definition) is 3. The summed E-state index contributed by atoms with van der Waals surface area (Å²) in [6, 6.07) is 1.30. The minimum Gasteiger partial charge on any atom is -0.302 e. The molecule has 2 atom stereocenters. The van der Waals surface area contributed by atoms with Gasteiger partial charge in [0, 0.05) is 30.8 Å². The van der Waals surface area contributed by atoms with Crippen LogP contribution in [-0.2, 0) is 10.5 Å². The minimum absolute atomic E-state index is 0.0850. The molecule has 1 aromatic rings. The van der Waals surface area contributed by atoms with Crippen molar-refractivity contribution in [1.82, 2.24) is 9.88 Å². The zero-order valence-electron chi connectivity index (χ0n) is 10.6. The summed E-state index contributed by atoms with van der Waals surface area (Å²) in [7, 11) is 0. The molecule has 0 spiro atoms. The molecule has 0 aliphatic carbocycles. The van der Waals surface area contributed by atoms with E-state index in [1.54, 1.807) is 6.92 Å². The number of aldehydes is 1. The maximum absolute atomic E-state index is 15.1. The fraction of sp³-hybridized carbons (Fsp3) is 0.538. The third-order valence-electron chi connectivity index (χ3n) is 3.69. The molecule has 19 heavy (non-hydrogen) atoms. The topological polar surface area (TPSA) is 33.2 Å². The molecule has 1 aliphatic rings. The molecule has 104 valence electrons. The number of carbonyl (C=O) groups excluding carboxylic acids is 1. The molecule has 2 heterocycles. The first-order valence-electron chi connectivity index (χ1n) is 6.14. The predicted octanol–water partition coefficient (Wildman–Crippen LogP) is 2.58. The smallest absolute Gasteiger partial charge is 0.219 e. The summed E-state index contributed by atoms with van der Waals surface area (Å²) in [5, 5.41) is 0.218. The van der Waals surface area contributed by atoms with E-state index in [2.05, 4.69) is 4.98 Å². The lowest BCUT2D eigenvalue weighted by Crippen LogP contribution is -2.47. The van der Waals surface area contributed by atoms with E-state index in [0.29, 0.717) is 13.1 Å². The maximum Gasteiger partial charge on any atom is 0.219 e. The van der Waals surface area contributed by atoms with Crippen LogP contribution in [-0.4, -0.2) is 35.8 Å². The number of hydrogen-bond donors (Lipinski definition) is 0. The van der Waals surface area contributed by atoms with Gasteiger partial charge in [-0.2, -0.15) is 4.39 Å². The van der Waals surface area contributed by atoms with Crippen LogP contribution < -0.4 is 0 Å². The number of halogens is 3. The van der Waals surface area contributed by atoms with Gasteiger partial charge in [0.05, 0.1) is 11.6 Å². The van der Waals surface area contributed by atoms with Crippen molar-refractivity contribution in [2.24, 2.45) is 5.92 Å². The fourth-order valence-electron chi connectivity index (χ4n) is 2.58. The molecule has 0 radical (unpaired) electrons. The van der Waals surface area contributed by atoms with Crippen LogP contribution in [0.4, 0.5) is 8.78 Å². The summed E-state index contributed by atoms with van der Waals surface area (Å²) in [5.41, 5.74) is -1.88. The van der Waals surface area contributed by atoms with Crippen LogP contribution in [0.25, 0.3) is 0 Å². The second-order valence-electron chi connectivity index (χ2n) is 4.93. The number of nitrogens with zero attached hydrogens (tertiary/aromatic N) is 2. The number of alkyl halides is 1. The van der Waals surface area contributed by atoms with Gasteiger partial charge in [0.25, 0.3) is 0 Å². The highest BCUT2D eigenvalue weighted by Crippen LogP contribution is 2.42. The van der Waals surface area contributed by atoms with Crippen LogP contribution >= 0.6 is 11.6 Å². The summed E-state index contributed by atoms with van der Waals surface area (Å²) in [4.78, 5) is 15.8. The summed E-state index contributed by atoms with van der Waals surface area (Å²) >= 11 is 5.77. The SMILES string of the molecule is CC1CN(CC=O)CCC1(F)c1cc(Cl)cnc1F. The maximum atomic E-state index is 15.1. The Morgan fingerprint density at radius 3 is 3.05 bits per heavy atom. The number of rotatable bonds is 3. The predicted molar refractivity (Wildman–Crippen MR) is 68.3 cm³/mol. The van der Waals surface area contributed by atoms with Gasteiger partial charge in [-0.15, -0.1) is 0 Å². The van der Waals surface area contributed by atoms with Crippen molar-refractivity contribution in [3.05, 3.63) is 28.8 Å². The van der Waals surface area contributed by atoms with Gasteiger partial charge in [0.15, 0.2) is 0 Å². The van der Waals surface area contributed by atoms with Crippen LogP contribution in [0, 0.1) is 11.9 Å². The Balaban J connectivity index is 2.28. The molecular weight excluding hydrogens is 274 g/mol. The molecule has 6 heteroatoms. The van der Waals surface area contributed by atoms with E-state index >= 15 is 4.39 Å². The molecule has 2 rings (SSSR count). The number of piperidine rings is 1. The number of likely N-dealkylation sites (tertiary alicyclic amines) is 1. The van der Waals surface area contributed by atoms with E-state index in [1.807, 2.05) is 4.90 Å². The molecule has 2 unspecified atom stereocenters. The van der Waals surface area contributed by atoms with Gasteiger partial charge in [-0.05, 0) is 12.5 Å². The highest BCUT2D eigenvalue weighted by molar-refractivity contribution is 6.30. The van der Waals surface area contributed by atoms with E-state index in [0.717, 1.165) is 12.5 Å². The fourth-order valence-corrected chi connectivity index (χ4v) is 2.73. The average molecular weight is 289 g/mol. The highest BCUT2D eigenvalue weighted by atomic mass is 35.5. The van der Waals surface area contributed by atoms with E-state index in [-0.39, 0.29) is 23.6 Å². The molecule has 1 aliphatic heterocycles. The van der Waals surface area contributed by atoms with Crippen LogP contribution in [0.1, 0.15) is 18.9 Å². The number of carbonyl (C=O) groups is 1. The van der Waals surface area contributed by atoms with Gasteiger partial charge in [-0.3, -0.25) is 4.90 Å². The Labute approximate surface area is 115 Å². The normalized spacial score (nSPS) is 28.3. The third kappa shape index (κ3) is 2.77. The first kappa shape index (κ1) is 14.3. The van der Waals surface area contributed by atoms with Gasteiger partial charge >= 0.3 is 0 Å². The standard InChI is InChI=1S/C13H15ClF2N2O/c1-9-8-18(4-5-19)3-2-13(9,16)11-6-10(14)7-17-12(11)15/h5-7,9H,2-4,8H2,1H3. The average Bonchev–Trinajstić information content (AvgIpc) is 2.37. The lowest BCUT2D eigenvalue weighted by atomic mass is 9.79. The molecular formula is C13H15ClF2N2O. The number of pyridine rings is 1. The van der Waals surface area contributed by atoms with Crippen molar-refractivity contribution >= 4 is 17.9 Å². The molecule has 0 N–H and O–H groups in total. The highest BCUT2D eigenvalue weighted by Gasteiger charge is 2.44. The van der Waals surface area contributed by atoms with Gasteiger partial charge in [-0.25, -0.2) is 9.37 Å². The summed E-state index contributed by atoms with van der Waals surface area (Å²) in [6.07, 6.45) is 2.08. The third-order valence-corrected chi connectivity index (χ3v) is 3.90. The van der Waals surface area contributed by atoms with Gasteiger partial charge in [-0.1, -0.05) is 18.5 Å². The molecule has 3 nitrogen and oxygen atoms in total. The van der Waals surface area contributed by atoms with Gasteiger partial charge in [0.2, 0.25) is 5.95 Å². The summed E-state index contributed by atoms with van der Waals surface area (Å²) in [5.74, 6) is -1.25. The monoisotopic (exact) mass is 288 g/mol. The van der Waals surface area contributed by atoms with Crippen molar-refractivity contribution in [3.8, 4) is 0 Å². The van der Waals surface area contributed by atoms with Crippen molar-refractivity contribution in [1.29, 1.82) is 0 Å². The zero-order chi connectivity index (χ0) is 14.0. The Morgan fingerprint density at radius 2 is 2.42 bits per heavy atom. The van der Waals surface area contributed by atoms with Gasteiger partial charge in [0.1, 0.15) is 12.0 Å². The van der Waals surface area contributed by atoms with Crippen molar-refractivity contribution in [2.45, 2.75) is 19.0 Å². The van der Waals surface area contributed by atoms with E-state index in [1.165, 1.54) is 6.07 Å². The van der Waals surface area contributed by atoms with Crippen molar-refractivity contribution < 1.29 is 13.6 Å². The van der Waals surface area contributed by atoms with Crippen molar-refractivity contribution in [2.75, 3.05) is 19.6 Å². The van der Waals surface area contributed by atoms with Gasteiger partial charge < -0.3 is 4.79 Å². The lowest BCUT2D eigenvalue weighted by Gasteiger charge is -2.41. The number of aromatic nitrogens is 1. The molecule has 0 aromatic carbocycles. The van der Waals surface area contributed by atoms with Crippen LogP contribution in [0.3, 0.4) is 0 Å². The minimum atomic E-state index is -1.79. The molecule has 0 bridgehead atoms. The van der Waals surface area contributed by atoms with Crippen LogP contribution in [0.5, 0.6) is 0 Å². The Kier molecular flexibility index (Phi) is 4.16. The Hall–Kier alpha value is -1.07. The van der Waals surface area contributed by atoms with E-state index in [9.17, 15) is 9.18 Å². The van der Waals surface area contributed by atoms with Crippen LogP contribution in [0.15, 0.2) is 12.3 Å². The lowest BCUT2D eigenvalue weighted by molar-refractivity contribution is -0.110. The molecule has 0 amide bonds. The summed E-state index contributed by atoms with van der Waals surface area (Å²) < 4.78 is 28.8. The summed E-state index contributed by atoms with van der Waals surface area (Å²) in [6.45, 7) is 2.79. The van der Waals surface area contributed by atoms with Crippen molar-refractivity contribution in [3.63, 3.8) is 0 Å². The second-order valence-corrected chi connectivity index (χ2v) is 5.37. The van der Waals surface area contributed by atoms with E-state index in [4.69, 9.17) is 11.6 Å². The second kappa shape index (κ2) is 5.51. The zero-order valence-corrected chi connectivity index (χ0v) is 11.3. The van der Waals surface area contributed by atoms with E-state index < -0.39 is 17.5 Å². The first-order valence-corrected chi connectivity index (χ1v) is 6.51. The largest absolute Gasteiger partial charge is 0.302 e. The quantitative estimate of drug-likeness (QED) is 0.633. The Bertz CT molecular complexity index is 486. The molecule has 1 aromatic heterocycles. The molecule has 1 saturated heterocycles. The first-order chi connectivity index (χ1) is 8.97. The van der Waals surface area contributed by atoms with Crippen LogP contribution in [0.2, 0.25) is 5.02 Å². The molecule has 1 fully saturated rings. The molecule has 0 saturated carbocycles. The Morgan fingerprint density at radius 1 is 1.68 bits per heavy atom.